The van der Waals surface area contributed by atoms with Gasteiger partial charge in [-0.2, -0.15) is 0 Å². The Morgan fingerprint density at radius 2 is 1.41 bits per heavy atom. The Labute approximate surface area is 674 Å². The third kappa shape index (κ3) is 25.6. The van der Waals surface area contributed by atoms with Crippen molar-refractivity contribution in [1.82, 2.24) is 52.1 Å². The van der Waals surface area contributed by atoms with Crippen molar-refractivity contribution in [2.24, 2.45) is 21.1 Å². The van der Waals surface area contributed by atoms with Crippen LogP contribution in [0.3, 0.4) is 0 Å². The van der Waals surface area contributed by atoms with E-state index in [2.05, 4.69) is 66.9 Å². The van der Waals surface area contributed by atoms with Gasteiger partial charge in [-0.15, -0.1) is 0 Å². The largest absolute Gasteiger partial charge is 0.460 e. The third-order valence-corrected chi connectivity index (χ3v) is 18.8. The molecule has 3 aliphatic rings. The zero-order valence-electron chi connectivity index (χ0n) is 64.3. The first-order chi connectivity index (χ1) is 54.2. The number of pyridine rings is 2. The van der Waals surface area contributed by atoms with E-state index < -0.39 is 150 Å². The fourth-order valence-electron chi connectivity index (χ4n) is 11.8. The zero-order chi connectivity index (χ0) is 84.8. The quantitative estimate of drug-likeness (QED) is 0.00430. The lowest BCUT2D eigenvalue weighted by Gasteiger charge is -2.35. The number of nitrogens with one attached hydrogen (secondary N) is 6. The van der Waals surface area contributed by atoms with Crippen molar-refractivity contribution < 1.29 is 77.1 Å². The molecule has 5 bridgehead atoms. The van der Waals surface area contributed by atoms with Crippen LogP contribution in [0, 0.1) is 44.9 Å². The number of amides is 6. The third-order valence-electron chi connectivity index (χ3n) is 18.5. The number of nitrogens with zero attached hydrogens (tertiary/aromatic N) is 12. The number of aryl methyl sites for hydroxylation is 2. The number of cyclic esters (lactones) is 1. The normalized spacial score (nSPS) is 18.9. The Hall–Kier alpha value is -11.8. The summed E-state index contributed by atoms with van der Waals surface area (Å²) in [5, 5.41) is 55.8. The maximum absolute atomic E-state index is 13.4. The molecule has 8 atom stereocenters. The standard InChI is InChI=1S/C31H39Cl3N8O6.C29H36N8O5.C16H12N2O7/c1-18(27(45)42-13-5-6-25(40-42)28(46)48-17-31(32,33)34)38-26(44)24(10-12-37-41-35)39-29(47)30(3,4)11-9-23-15-22-14-20(19(2)43)7-8-21(22)16-36-23;1-17-26(39)37-13-5-6-24(35-37)27(40)42-18(2)19-7-8-20-16-31-22(15-21(20)14-19)9-11-29(3,4)28(41)34-23(25(38)33-17)10-12-32-36-30;1-9-5-3-7-11(17(21)22)13(9)15(19)25-16(20)14-10(2)6-4-8-12(14)18(23)24/h7-9,11,14-16,18-19,24-25,40,43H,5-6,10,12-13,17H2,1-4H3,(H,38,44)(H,39,47);7-9,11,14-18,23-24,35H,5-6,10,12-13H2,1-4H3,(H,33,38)(H,34,41);3-8H,1-2H3/b2*11-9+;/t18-,19+,24-,25?;17-,18+,23-,24-;/m00./s1. The fourth-order valence-corrected chi connectivity index (χ4v) is 12.0. The van der Waals surface area contributed by atoms with E-state index in [1.54, 1.807) is 78.2 Å². The van der Waals surface area contributed by atoms with Crippen LogP contribution in [0.4, 0.5) is 11.4 Å². The number of aromatic nitrogens is 2. The first kappa shape index (κ1) is 90.4. The lowest BCUT2D eigenvalue weighted by atomic mass is 9.90. The van der Waals surface area contributed by atoms with Crippen molar-refractivity contribution in [1.29, 1.82) is 0 Å². The van der Waals surface area contributed by atoms with E-state index in [9.17, 15) is 73.3 Å². The predicted octanol–water partition coefficient (Wildman–Crippen LogP) is 10.6. The highest BCUT2D eigenvalue weighted by atomic mass is 35.6. The number of halogens is 3. The minimum absolute atomic E-state index is 0.0285. The maximum atomic E-state index is 13.4. The highest BCUT2D eigenvalue weighted by molar-refractivity contribution is 6.67. The van der Waals surface area contributed by atoms with E-state index in [1.807, 2.05) is 48.5 Å². The topological polar surface area (TPSA) is 507 Å². The number of nitro groups is 2. The van der Waals surface area contributed by atoms with Gasteiger partial charge in [-0.3, -0.25) is 78.6 Å². The molecule has 6 aromatic rings. The lowest BCUT2D eigenvalue weighted by molar-refractivity contribution is -0.385. The smallest absolute Gasteiger partial charge is 0.353 e. The molecule has 610 valence electrons. The van der Waals surface area contributed by atoms with Gasteiger partial charge in [-0.1, -0.05) is 106 Å². The average Bonchev–Trinajstić information content (AvgIpc) is 1.15. The maximum Gasteiger partial charge on any atom is 0.353 e. The van der Waals surface area contributed by atoms with Crippen molar-refractivity contribution in [3.8, 4) is 0 Å². The Morgan fingerprint density at radius 1 is 0.800 bits per heavy atom. The highest BCUT2D eigenvalue weighted by Gasteiger charge is 2.39. The molecule has 36 nitrogen and oxygen atoms in total. The minimum atomic E-state index is -1.78. The first-order valence-corrected chi connectivity index (χ1v) is 37.3. The monoisotopic (exact) mass is 1640 g/mol. The van der Waals surface area contributed by atoms with Crippen LogP contribution >= 0.6 is 34.8 Å². The van der Waals surface area contributed by atoms with E-state index in [4.69, 9.17) is 55.3 Å². The predicted molar refractivity (Wildman–Crippen MR) is 423 cm³/mol. The summed E-state index contributed by atoms with van der Waals surface area (Å²) in [5.41, 5.74) is 22.5. The summed E-state index contributed by atoms with van der Waals surface area (Å²) in [7, 11) is 0. The number of aliphatic hydroxyl groups is 1. The van der Waals surface area contributed by atoms with Gasteiger partial charge in [0.05, 0.1) is 38.2 Å². The number of esters is 4. The van der Waals surface area contributed by atoms with E-state index in [1.165, 1.54) is 62.0 Å². The second-order valence-corrected chi connectivity index (χ2v) is 30.8. The van der Waals surface area contributed by atoms with Crippen molar-refractivity contribution in [3.63, 3.8) is 0 Å². The van der Waals surface area contributed by atoms with Crippen molar-refractivity contribution >= 4 is 139 Å². The summed E-state index contributed by atoms with van der Waals surface area (Å²) in [5.74, 6) is -6.84. The summed E-state index contributed by atoms with van der Waals surface area (Å²) in [6.45, 7) is 16.1. The summed E-state index contributed by atoms with van der Waals surface area (Å²) in [6, 6.07) is 17.1. The van der Waals surface area contributed by atoms with Crippen LogP contribution in [0.15, 0.2) is 120 Å². The van der Waals surface area contributed by atoms with Crippen molar-refractivity contribution in [2.45, 2.75) is 160 Å². The second kappa shape index (κ2) is 40.8. The van der Waals surface area contributed by atoms with Gasteiger partial charge in [0.2, 0.25) is 27.4 Å². The molecule has 0 spiro atoms. The fraction of sp³-hybridized carbons (Fsp3) is 0.421. The van der Waals surface area contributed by atoms with Crippen LogP contribution in [0.25, 0.3) is 54.6 Å². The Morgan fingerprint density at radius 3 is 2.03 bits per heavy atom. The number of azide groups is 2. The number of ether oxygens (including phenoxy) is 3. The highest BCUT2D eigenvalue weighted by Crippen LogP contribution is 2.31. The van der Waals surface area contributed by atoms with Gasteiger partial charge < -0.3 is 40.6 Å². The molecule has 6 amide bonds. The molecule has 4 aromatic carbocycles. The number of carbonyl (C=O) groups is 10. The number of carbonyl (C=O) groups excluding carboxylic acids is 10. The zero-order valence-corrected chi connectivity index (χ0v) is 66.6. The van der Waals surface area contributed by atoms with Gasteiger partial charge >= 0.3 is 23.9 Å². The number of hydrazine groups is 2. The second-order valence-electron chi connectivity index (χ2n) is 28.3. The van der Waals surface area contributed by atoms with E-state index in [0.717, 1.165) is 44.8 Å². The molecule has 0 saturated carbocycles. The van der Waals surface area contributed by atoms with Crippen LogP contribution in [0.1, 0.15) is 160 Å². The number of hydrogen-bond acceptors (Lipinski definition) is 24. The molecular formula is C76H87Cl3N18O18. The average molecular weight is 1650 g/mol. The summed E-state index contributed by atoms with van der Waals surface area (Å²) < 4.78 is 13.7. The van der Waals surface area contributed by atoms with Crippen LogP contribution in [-0.4, -0.2) is 167 Å². The molecule has 9 rings (SSSR count). The number of fused-ring (bicyclic) bond motifs is 5. The number of nitro benzene ring substituents is 2. The number of hydrogen-bond donors (Lipinski definition) is 7. The van der Waals surface area contributed by atoms with Crippen LogP contribution in [0.2, 0.25) is 0 Å². The van der Waals surface area contributed by atoms with E-state index in [-0.39, 0.29) is 54.7 Å². The summed E-state index contributed by atoms with van der Waals surface area (Å²) >= 11 is 16.9. The number of alkyl halides is 3. The van der Waals surface area contributed by atoms with Crippen molar-refractivity contribution in [2.75, 3.05) is 32.8 Å². The van der Waals surface area contributed by atoms with Crippen LogP contribution in [0.5, 0.6) is 0 Å². The first-order valence-electron chi connectivity index (χ1n) is 36.2. The molecule has 2 fully saturated rings. The Bertz CT molecular complexity index is 4800. The molecule has 3 aliphatic heterocycles. The van der Waals surface area contributed by atoms with Gasteiger partial charge in [0.25, 0.3) is 23.2 Å². The molecule has 1 unspecified atom stereocenters. The van der Waals surface area contributed by atoms with Crippen molar-refractivity contribution in [3.05, 3.63) is 195 Å². The molecule has 115 heavy (non-hydrogen) atoms. The van der Waals surface area contributed by atoms with Gasteiger partial charge in [0, 0.05) is 71.3 Å². The lowest BCUT2D eigenvalue weighted by Crippen LogP contribution is -2.60. The Kier molecular flexibility index (Phi) is 32.1. The van der Waals surface area contributed by atoms with E-state index >= 15 is 0 Å². The number of aliphatic hydroxyl groups excluding tert-OH is 1. The molecule has 0 radical (unpaired) electrons. The summed E-state index contributed by atoms with van der Waals surface area (Å²) in [4.78, 5) is 165. The minimum Gasteiger partial charge on any atom is -0.460 e. The molecule has 2 saturated heterocycles. The van der Waals surface area contributed by atoms with Gasteiger partial charge in [-0.25, -0.2) is 20.4 Å². The molecule has 7 N–H and O–H groups in total. The number of benzene rings is 4. The van der Waals surface area contributed by atoms with Gasteiger partial charge in [-0.05, 0) is 188 Å². The molecule has 5 heterocycles. The SMILES string of the molecule is C[C@@H]1NC(=O)[C@H](CCN=[N+]=[N-])NC(=O)C(C)(C)/C=C/c2cc3cc(ccc3cn2)[C@@H](C)OC(=O)[C@@H]2CCCN(N2)C1=O.C[C@H](NC(=O)[C@H](CCN=[N+]=[N-])NC(=O)C(C)(C)/C=C/c1cc2cc([C@@H](C)O)ccc2cn1)C(=O)N1CCCC(C(=O)OCC(Cl)(Cl)Cl)N1.Cc1cccc([N+](=O)[O-])c1C(=O)OC(=O)c1c(C)cccc1[N+](=O)[O-]. The molecule has 0 aliphatic carbocycles. The molecule has 39 heteroatoms. The van der Waals surface area contributed by atoms with Gasteiger partial charge in [0.1, 0.15) is 60.1 Å². The van der Waals surface area contributed by atoms with Crippen LogP contribution < -0.4 is 32.1 Å². The van der Waals surface area contributed by atoms with Crippen LogP contribution in [-0.2, 0) is 52.6 Å². The molecule has 2 aromatic heterocycles. The number of rotatable bonds is 20. The molecular weight excluding hydrogens is 1560 g/mol. The summed E-state index contributed by atoms with van der Waals surface area (Å²) in [6.07, 6.45) is 10.9. The Balaban J connectivity index is 0.000000250. The van der Waals surface area contributed by atoms with E-state index in [0.29, 0.717) is 43.6 Å². The van der Waals surface area contributed by atoms with Gasteiger partial charge in [0.15, 0.2) is 0 Å².